The summed E-state index contributed by atoms with van der Waals surface area (Å²) in [5.41, 5.74) is 0.628. The maximum atomic E-state index is 12.2. The molecule has 1 aliphatic heterocycles. The molecular formula is C20H27NO6. The molecule has 0 saturated carbocycles. The predicted octanol–water partition coefficient (Wildman–Crippen LogP) is 2.53. The average Bonchev–Trinajstić information content (AvgIpc) is 2.69. The summed E-state index contributed by atoms with van der Waals surface area (Å²) in [7, 11) is 4.58. The zero-order chi connectivity index (χ0) is 19.8. The normalized spacial score (nSPS) is 16.9. The number of methoxy groups -OCH3 is 3. The molecule has 7 nitrogen and oxygen atoms in total. The van der Waals surface area contributed by atoms with Gasteiger partial charge < -0.3 is 23.8 Å². The van der Waals surface area contributed by atoms with E-state index in [0.717, 1.165) is 25.9 Å². The lowest BCUT2D eigenvalue weighted by Gasteiger charge is -2.30. The summed E-state index contributed by atoms with van der Waals surface area (Å²) in [6.07, 6.45) is 4.92. The number of rotatable bonds is 7. The Balaban J connectivity index is 1.96. The first-order valence-corrected chi connectivity index (χ1v) is 8.91. The molecule has 2 rings (SSSR count). The Kier molecular flexibility index (Phi) is 7.52. The lowest BCUT2D eigenvalue weighted by molar-refractivity contribution is -0.149. The number of carbonyl (C=O) groups is 2. The van der Waals surface area contributed by atoms with Gasteiger partial charge in [0.15, 0.2) is 18.1 Å². The molecule has 0 aliphatic carbocycles. The minimum atomic E-state index is -0.592. The minimum Gasteiger partial charge on any atom is -0.496 e. The molecule has 0 radical (unpaired) electrons. The van der Waals surface area contributed by atoms with Crippen LogP contribution < -0.4 is 14.2 Å². The predicted molar refractivity (Wildman–Crippen MR) is 101 cm³/mol. The molecule has 148 valence electrons. The smallest absolute Gasteiger partial charge is 0.331 e. The molecule has 1 atom stereocenters. The Labute approximate surface area is 159 Å². The van der Waals surface area contributed by atoms with Crippen LogP contribution in [0, 0.1) is 5.92 Å². The van der Waals surface area contributed by atoms with E-state index in [2.05, 4.69) is 6.92 Å². The highest BCUT2D eigenvalue weighted by atomic mass is 16.5. The van der Waals surface area contributed by atoms with Gasteiger partial charge in [0, 0.05) is 30.8 Å². The van der Waals surface area contributed by atoms with E-state index >= 15 is 0 Å². The van der Waals surface area contributed by atoms with Crippen molar-refractivity contribution >= 4 is 18.0 Å². The van der Waals surface area contributed by atoms with Crippen LogP contribution in [0.3, 0.4) is 0 Å². The van der Waals surface area contributed by atoms with E-state index in [1.807, 2.05) is 0 Å². The van der Waals surface area contributed by atoms with E-state index in [-0.39, 0.29) is 12.5 Å². The summed E-state index contributed by atoms with van der Waals surface area (Å²) >= 11 is 0. The number of piperidine rings is 1. The topological polar surface area (TPSA) is 74.3 Å². The lowest BCUT2D eigenvalue weighted by atomic mass is 10.0. The molecule has 1 unspecified atom stereocenters. The largest absolute Gasteiger partial charge is 0.496 e. The Bertz CT molecular complexity index is 700. The number of hydrogen-bond donors (Lipinski definition) is 0. The van der Waals surface area contributed by atoms with Crippen LogP contribution in [0.4, 0.5) is 0 Å². The molecule has 0 aromatic heterocycles. The van der Waals surface area contributed by atoms with Gasteiger partial charge in [-0.05, 0) is 30.9 Å². The molecule has 7 heteroatoms. The van der Waals surface area contributed by atoms with Gasteiger partial charge in [0.25, 0.3) is 5.91 Å². The molecule has 0 spiro atoms. The summed E-state index contributed by atoms with van der Waals surface area (Å²) in [4.78, 5) is 25.9. The van der Waals surface area contributed by atoms with Crippen molar-refractivity contribution in [1.82, 2.24) is 4.90 Å². The van der Waals surface area contributed by atoms with Gasteiger partial charge in [-0.15, -0.1) is 0 Å². The van der Waals surface area contributed by atoms with Crippen molar-refractivity contribution < 1.29 is 28.5 Å². The van der Waals surface area contributed by atoms with Crippen LogP contribution in [0.1, 0.15) is 25.3 Å². The molecule has 1 fully saturated rings. The first-order valence-electron chi connectivity index (χ1n) is 8.91. The quantitative estimate of drug-likeness (QED) is 0.537. The SMILES string of the molecule is COc1cc(OC)c(OC)cc1/C=C/C(=O)OCC(=O)N1CCCC(C)C1. The van der Waals surface area contributed by atoms with Crippen molar-refractivity contribution in [2.45, 2.75) is 19.8 Å². The molecule has 1 aromatic carbocycles. The highest BCUT2D eigenvalue weighted by Gasteiger charge is 2.21. The second kappa shape index (κ2) is 9.85. The fourth-order valence-corrected chi connectivity index (χ4v) is 3.03. The molecule has 1 heterocycles. The van der Waals surface area contributed by atoms with E-state index in [9.17, 15) is 9.59 Å². The molecule has 1 aromatic rings. The summed E-state index contributed by atoms with van der Waals surface area (Å²) < 4.78 is 20.9. The van der Waals surface area contributed by atoms with Crippen LogP contribution in [-0.4, -0.2) is 57.8 Å². The van der Waals surface area contributed by atoms with Crippen molar-refractivity contribution in [3.8, 4) is 17.2 Å². The lowest BCUT2D eigenvalue weighted by Crippen LogP contribution is -2.41. The van der Waals surface area contributed by atoms with E-state index < -0.39 is 5.97 Å². The summed E-state index contributed by atoms with van der Waals surface area (Å²) in [5, 5.41) is 0. The van der Waals surface area contributed by atoms with Crippen LogP contribution in [0.2, 0.25) is 0 Å². The molecular weight excluding hydrogens is 350 g/mol. The molecule has 1 amide bonds. The number of amides is 1. The molecule has 0 bridgehead atoms. The van der Waals surface area contributed by atoms with Crippen LogP contribution in [-0.2, 0) is 14.3 Å². The highest BCUT2D eigenvalue weighted by Crippen LogP contribution is 2.35. The average molecular weight is 377 g/mol. The van der Waals surface area contributed by atoms with Crippen molar-refractivity contribution in [2.24, 2.45) is 5.92 Å². The standard InChI is InChI=1S/C20H27NO6/c1-14-6-5-9-21(12-14)19(22)13-27-20(23)8-7-15-10-17(25-3)18(26-4)11-16(15)24-2/h7-8,10-11,14H,5-6,9,12-13H2,1-4H3/b8-7+. The maximum absolute atomic E-state index is 12.2. The first-order chi connectivity index (χ1) is 13.0. The maximum Gasteiger partial charge on any atom is 0.331 e. The Hall–Kier alpha value is -2.70. The summed E-state index contributed by atoms with van der Waals surface area (Å²) in [5.74, 6) is 1.29. The Morgan fingerprint density at radius 2 is 1.78 bits per heavy atom. The van der Waals surface area contributed by atoms with Gasteiger partial charge in [0.05, 0.1) is 21.3 Å². The summed E-state index contributed by atoms with van der Waals surface area (Å²) in [6, 6.07) is 3.37. The van der Waals surface area contributed by atoms with Gasteiger partial charge >= 0.3 is 5.97 Å². The van der Waals surface area contributed by atoms with Crippen LogP contribution in [0.5, 0.6) is 17.2 Å². The molecule has 1 aliphatic rings. The van der Waals surface area contributed by atoms with Gasteiger partial charge in [-0.3, -0.25) is 4.79 Å². The molecule has 27 heavy (non-hydrogen) atoms. The zero-order valence-corrected chi connectivity index (χ0v) is 16.3. The number of nitrogens with zero attached hydrogens (tertiary/aromatic N) is 1. The van der Waals surface area contributed by atoms with Gasteiger partial charge in [-0.25, -0.2) is 4.79 Å². The van der Waals surface area contributed by atoms with Crippen LogP contribution >= 0.6 is 0 Å². The van der Waals surface area contributed by atoms with Crippen molar-refractivity contribution in [3.05, 3.63) is 23.8 Å². The van der Waals surface area contributed by atoms with Gasteiger partial charge in [-0.1, -0.05) is 6.92 Å². The van der Waals surface area contributed by atoms with E-state index in [1.54, 1.807) is 23.1 Å². The zero-order valence-electron chi connectivity index (χ0n) is 16.3. The van der Waals surface area contributed by atoms with Crippen LogP contribution in [0.25, 0.3) is 6.08 Å². The number of likely N-dealkylation sites (tertiary alicyclic amines) is 1. The number of carbonyl (C=O) groups excluding carboxylic acids is 2. The van der Waals surface area contributed by atoms with E-state index in [4.69, 9.17) is 18.9 Å². The first kappa shape index (κ1) is 20.6. The molecule has 1 saturated heterocycles. The minimum absolute atomic E-state index is 0.160. The molecule has 0 N–H and O–H groups in total. The van der Waals surface area contributed by atoms with Gasteiger partial charge in [0.2, 0.25) is 0 Å². The fraction of sp³-hybridized carbons (Fsp3) is 0.500. The van der Waals surface area contributed by atoms with Crippen molar-refractivity contribution in [1.29, 1.82) is 0 Å². The van der Waals surface area contributed by atoms with E-state index in [0.29, 0.717) is 28.7 Å². The number of benzene rings is 1. The van der Waals surface area contributed by atoms with Crippen molar-refractivity contribution in [2.75, 3.05) is 41.0 Å². The number of hydrogen-bond acceptors (Lipinski definition) is 6. The van der Waals surface area contributed by atoms with E-state index in [1.165, 1.54) is 27.4 Å². The Morgan fingerprint density at radius 3 is 2.41 bits per heavy atom. The Morgan fingerprint density at radius 1 is 1.11 bits per heavy atom. The fourth-order valence-electron chi connectivity index (χ4n) is 3.03. The van der Waals surface area contributed by atoms with Gasteiger partial charge in [-0.2, -0.15) is 0 Å². The third-order valence-electron chi connectivity index (χ3n) is 4.48. The van der Waals surface area contributed by atoms with Crippen LogP contribution in [0.15, 0.2) is 18.2 Å². The third-order valence-corrected chi connectivity index (χ3v) is 4.48. The number of esters is 1. The number of ether oxygens (including phenoxy) is 4. The van der Waals surface area contributed by atoms with Crippen molar-refractivity contribution in [3.63, 3.8) is 0 Å². The summed E-state index contributed by atoms with van der Waals surface area (Å²) in [6.45, 7) is 3.30. The van der Waals surface area contributed by atoms with Gasteiger partial charge in [0.1, 0.15) is 5.75 Å². The second-order valence-electron chi connectivity index (χ2n) is 6.48. The second-order valence-corrected chi connectivity index (χ2v) is 6.48. The third kappa shape index (κ3) is 5.64. The highest BCUT2D eigenvalue weighted by molar-refractivity contribution is 5.90. The monoisotopic (exact) mass is 377 g/mol.